The molecule has 2 heterocycles. The molecule has 0 bridgehead atoms. The number of rotatable bonds is 5. The van der Waals surface area contributed by atoms with Gasteiger partial charge in [-0.15, -0.1) is 0 Å². The van der Waals surface area contributed by atoms with Gasteiger partial charge in [0.25, 0.3) is 0 Å². The summed E-state index contributed by atoms with van der Waals surface area (Å²) in [6.45, 7) is 0. The van der Waals surface area contributed by atoms with Crippen molar-refractivity contribution in [3.63, 3.8) is 0 Å². The van der Waals surface area contributed by atoms with Crippen LogP contribution < -0.4 is 0 Å². The molecule has 0 fully saturated rings. The van der Waals surface area contributed by atoms with Crippen LogP contribution in [0.5, 0.6) is 0 Å². The molecule has 0 unspecified atom stereocenters. The van der Waals surface area contributed by atoms with Crippen molar-refractivity contribution in [3.05, 3.63) is 180 Å². The molecule has 0 amide bonds. The first kappa shape index (κ1) is 28.9. The van der Waals surface area contributed by atoms with Crippen LogP contribution in [0.1, 0.15) is 35.4 Å². The molecule has 8 aromatic rings. The highest BCUT2D eigenvalue weighted by Crippen LogP contribution is 2.41. The van der Waals surface area contributed by atoms with Crippen molar-refractivity contribution >= 4 is 34.0 Å². The van der Waals surface area contributed by atoms with Crippen LogP contribution in [0.3, 0.4) is 0 Å². The van der Waals surface area contributed by atoms with E-state index >= 15 is 0 Å². The number of hydrogen-bond acceptors (Lipinski definition) is 0. The topological polar surface area (TPSA) is 9.86 Å². The van der Waals surface area contributed by atoms with Crippen molar-refractivity contribution < 1.29 is 0 Å². The predicted molar refractivity (Wildman–Crippen MR) is 211 cm³/mol. The Morgan fingerprint density at radius 2 is 0.900 bits per heavy atom. The molecule has 2 heteroatoms. The Kier molecular flexibility index (Phi) is 6.80. The molecule has 0 radical (unpaired) electrons. The molecule has 0 saturated carbocycles. The highest BCUT2D eigenvalue weighted by molar-refractivity contribution is 6.00. The van der Waals surface area contributed by atoms with Gasteiger partial charge in [0.05, 0.1) is 16.7 Å². The van der Waals surface area contributed by atoms with Crippen LogP contribution in [0, 0.1) is 0 Å². The molecular formula is C48H36N2. The van der Waals surface area contributed by atoms with Gasteiger partial charge in [-0.1, -0.05) is 127 Å². The molecule has 0 saturated heterocycles. The highest BCUT2D eigenvalue weighted by Gasteiger charge is 2.22. The first-order valence-electron chi connectivity index (χ1n) is 17.8. The Bertz CT molecular complexity index is 2610. The Balaban J connectivity index is 1.10. The lowest BCUT2D eigenvalue weighted by molar-refractivity contribution is 0.888. The lowest BCUT2D eigenvalue weighted by Crippen LogP contribution is -2.04. The Morgan fingerprint density at radius 3 is 1.54 bits per heavy atom. The number of aromatic nitrogens is 2. The van der Waals surface area contributed by atoms with E-state index in [4.69, 9.17) is 0 Å². The average molecular weight is 641 g/mol. The lowest BCUT2D eigenvalue weighted by atomic mass is 9.97. The summed E-state index contributed by atoms with van der Waals surface area (Å²) in [5.41, 5.74) is 18.0. The molecule has 2 aliphatic carbocycles. The third-order valence-corrected chi connectivity index (χ3v) is 10.7. The van der Waals surface area contributed by atoms with E-state index in [1.54, 1.807) is 0 Å². The molecule has 2 aliphatic rings. The first-order valence-corrected chi connectivity index (χ1v) is 17.8. The zero-order chi connectivity index (χ0) is 33.0. The number of nitrogens with zero attached hydrogens (tertiary/aromatic N) is 2. The fraction of sp³-hybridized carbons (Fsp3) is 0.0833. The van der Waals surface area contributed by atoms with E-state index in [0.717, 1.165) is 25.7 Å². The van der Waals surface area contributed by atoms with Gasteiger partial charge in [-0.25, -0.2) is 0 Å². The van der Waals surface area contributed by atoms with E-state index in [1.807, 2.05) is 0 Å². The number of hydrogen-bond donors (Lipinski definition) is 0. The van der Waals surface area contributed by atoms with Crippen LogP contribution in [-0.2, 0) is 12.8 Å². The Hall–Kier alpha value is -6.12. The van der Waals surface area contributed by atoms with Gasteiger partial charge in [0.15, 0.2) is 0 Å². The minimum atomic E-state index is 1.03. The SMILES string of the molecule is C1=Cc2c(n(-c3ccc(-c4ccccc4)cc3)c3ccc(-c4ccc5c(c4)c4c(n5-c5ccccc5-c5ccccc5)CCC=C4)cc23)CC1. The summed E-state index contributed by atoms with van der Waals surface area (Å²) in [6.07, 6.45) is 13.6. The van der Waals surface area contributed by atoms with Gasteiger partial charge < -0.3 is 9.13 Å². The van der Waals surface area contributed by atoms with Gasteiger partial charge in [0.2, 0.25) is 0 Å². The maximum Gasteiger partial charge on any atom is 0.0538 e. The molecule has 10 rings (SSSR count). The molecule has 50 heavy (non-hydrogen) atoms. The fourth-order valence-corrected chi connectivity index (χ4v) is 8.34. The summed E-state index contributed by atoms with van der Waals surface area (Å²) in [4.78, 5) is 0. The smallest absolute Gasteiger partial charge is 0.0538 e. The van der Waals surface area contributed by atoms with Crippen LogP contribution in [0.4, 0.5) is 0 Å². The Labute approximate surface area is 292 Å². The second kappa shape index (κ2) is 11.8. The summed E-state index contributed by atoms with van der Waals surface area (Å²) >= 11 is 0. The summed E-state index contributed by atoms with van der Waals surface area (Å²) < 4.78 is 5.01. The maximum atomic E-state index is 2.52. The van der Waals surface area contributed by atoms with Crippen LogP contribution in [0.2, 0.25) is 0 Å². The van der Waals surface area contributed by atoms with Gasteiger partial charge in [0, 0.05) is 44.5 Å². The minimum absolute atomic E-state index is 1.03. The summed E-state index contributed by atoms with van der Waals surface area (Å²) in [5, 5.41) is 2.63. The quantitative estimate of drug-likeness (QED) is 0.177. The second-order valence-electron chi connectivity index (χ2n) is 13.5. The standard InChI is InChI=1S/C48H36N2/c1-3-13-33(14-4-1)34-23-27-38(28-24-34)49-45-21-11-8-18-40(45)42-31-36(25-29-47(42)49)37-26-30-48-43(32-37)41-19-9-12-22-46(41)50(48)44-20-10-7-17-39(44)35-15-5-2-6-16-35/h1-10,13-20,23-32H,11-12,21-22H2. The van der Waals surface area contributed by atoms with Crippen molar-refractivity contribution in [1.29, 1.82) is 0 Å². The summed E-state index contributed by atoms with van der Waals surface area (Å²) in [7, 11) is 0. The molecule has 0 atom stereocenters. The monoisotopic (exact) mass is 640 g/mol. The zero-order valence-electron chi connectivity index (χ0n) is 27.9. The molecule has 0 aliphatic heterocycles. The second-order valence-corrected chi connectivity index (χ2v) is 13.5. The number of fused-ring (bicyclic) bond motifs is 6. The normalized spacial score (nSPS) is 13.5. The predicted octanol–water partition coefficient (Wildman–Crippen LogP) is 12.5. The third kappa shape index (κ3) is 4.64. The van der Waals surface area contributed by atoms with E-state index in [0.29, 0.717) is 0 Å². The van der Waals surface area contributed by atoms with E-state index in [2.05, 4.69) is 179 Å². The highest BCUT2D eigenvalue weighted by atomic mass is 15.0. The van der Waals surface area contributed by atoms with Gasteiger partial charge in [-0.05, 0) is 96.0 Å². The van der Waals surface area contributed by atoms with E-state index in [-0.39, 0.29) is 0 Å². The maximum absolute atomic E-state index is 2.52. The van der Waals surface area contributed by atoms with E-state index in [1.165, 1.54) is 89.1 Å². The number of allylic oxidation sites excluding steroid dienone is 2. The van der Waals surface area contributed by atoms with Gasteiger partial charge in [0.1, 0.15) is 0 Å². The molecule has 0 N–H and O–H groups in total. The van der Waals surface area contributed by atoms with E-state index < -0.39 is 0 Å². The van der Waals surface area contributed by atoms with Gasteiger partial charge in [-0.2, -0.15) is 0 Å². The number of para-hydroxylation sites is 1. The largest absolute Gasteiger partial charge is 0.313 e. The summed E-state index contributed by atoms with van der Waals surface area (Å²) in [5.74, 6) is 0. The zero-order valence-corrected chi connectivity index (χ0v) is 27.9. The van der Waals surface area contributed by atoms with Crippen LogP contribution in [0.25, 0.3) is 78.7 Å². The van der Waals surface area contributed by atoms with E-state index in [9.17, 15) is 0 Å². The molecule has 2 nitrogen and oxygen atoms in total. The lowest BCUT2D eigenvalue weighted by Gasteiger charge is -2.17. The summed E-state index contributed by atoms with van der Waals surface area (Å²) in [6, 6.07) is 53.5. The molecule has 6 aromatic carbocycles. The molecular weight excluding hydrogens is 605 g/mol. The van der Waals surface area contributed by atoms with Crippen molar-refractivity contribution in [3.8, 4) is 44.8 Å². The van der Waals surface area contributed by atoms with Crippen LogP contribution in [-0.4, -0.2) is 9.13 Å². The van der Waals surface area contributed by atoms with Crippen molar-refractivity contribution in [2.24, 2.45) is 0 Å². The fourth-order valence-electron chi connectivity index (χ4n) is 8.34. The molecule has 2 aromatic heterocycles. The molecule has 0 spiro atoms. The molecule has 238 valence electrons. The Morgan fingerprint density at radius 1 is 0.400 bits per heavy atom. The van der Waals surface area contributed by atoms with Gasteiger partial charge in [-0.3, -0.25) is 0 Å². The minimum Gasteiger partial charge on any atom is -0.313 e. The number of benzene rings is 6. The van der Waals surface area contributed by atoms with Crippen LogP contribution >= 0.6 is 0 Å². The van der Waals surface area contributed by atoms with Gasteiger partial charge >= 0.3 is 0 Å². The first-order chi connectivity index (χ1) is 24.8. The van der Waals surface area contributed by atoms with Crippen molar-refractivity contribution in [1.82, 2.24) is 9.13 Å². The average Bonchev–Trinajstić information content (AvgIpc) is 3.71. The van der Waals surface area contributed by atoms with Crippen molar-refractivity contribution in [2.75, 3.05) is 0 Å². The third-order valence-electron chi connectivity index (χ3n) is 10.7. The van der Waals surface area contributed by atoms with Crippen molar-refractivity contribution in [2.45, 2.75) is 25.7 Å². The van der Waals surface area contributed by atoms with Crippen LogP contribution in [0.15, 0.2) is 158 Å².